The number of guanidine groups is 1. The van der Waals surface area contributed by atoms with Crippen molar-refractivity contribution >= 4 is 64.0 Å². The standard InChI is InChI=1S/C44H62N12O8/c1-26-16-17-29(57)18-21-49-19-8-7-14-32(38(46)59)52-42(63)35(23-28-25-51-31-13-6-5-12-30(28)31)56-40(61)33(15-9-20-50-44(47)48)53-41(62)34(22-27-10-3-2-4-11-27)55-43(64)36(24-37(45)58)54-39(26)60/h2-6,10-13,25-26,32-36,49,51H,7-9,14-24H2,1H3,(H2,45,58)(H2,46,59)(H,52,63)(H,53,62)(H,54,60)(H,55,64)(H,56,61)(H4,47,48,50)/t26-,32-,33-,34+,35?,36-/m0/s1. The predicted octanol–water partition coefficient (Wildman–Crippen LogP) is -0.850. The van der Waals surface area contributed by atoms with Gasteiger partial charge in [-0.15, -0.1) is 0 Å². The second kappa shape index (κ2) is 25.3. The van der Waals surface area contributed by atoms with Gasteiger partial charge in [-0.2, -0.15) is 0 Å². The van der Waals surface area contributed by atoms with Crippen molar-refractivity contribution in [1.82, 2.24) is 42.2 Å². The summed E-state index contributed by atoms with van der Waals surface area (Å²) in [6, 6.07) is 9.53. The lowest BCUT2D eigenvalue weighted by molar-refractivity contribution is -0.136. The number of para-hydroxylation sites is 1. The molecule has 1 fully saturated rings. The Kier molecular flexibility index (Phi) is 19.7. The monoisotopic (exact) mass is 886 g/mol. The molecule has 1 unspecified atom stereocenters. The molecule has 1 saturated heterocycles. The van der Waals surface area contributed by atoms with Crippen LogP contribution in [-0.2, 0) is 51.2 Å². The maximum Gasteiger partial charge on any atom is 0.243 e. The van der Waals surface area contributed by atoms with Gasteiger partial charge in [0.1, 0.15) is 36.0 Å². The molecular weight excluding hydrogens is 825 g/mol. The summed E-state index contributed by atoms with van der Waals surface area (Å²) in [5.41, 5.74) is 18.8. The molecule has 1 aliphatic heterocycles. The molecule has 0 spiro atoms. The Balaban J connectivity index is 1.71. The van der Waals surface area contributed by atoms with Crippen LogP contribution < -0.4 is 54.4 Å². The molecule has 20 nitrogen and oxygen atoms in total. The quantitative estimate of drug-likeness (QED) is 0.0639. The molecule has 0 saturated carbocycles. The first-order valence-corrected chi connectivity index (χ1v) is 21.6. The first-order chi connectivity index (χ1) is 30.6. The van der Waals surface area contributed by atoms with Crippen LogP contribution in [0.1, 0.15) is 75.8 Å². The number of aromatic amines is 1. The lowest BCUT2D eigenvalue weighted by Crippen LogP contribution is -2.60. The molecule has 0 aliphatic carbocycles. The Hall–Kier alpha value is -6.83. The smallest absolute Gasteiger partial charge is 0.243 e. The zero-order valence-corrected chi connectivity index (χ0v) is 36.1. The fourth-order valence-corrected chi connectivity index (χ4v) is 7.27. The lowest BCUT2D eigenvalue weighted by Gasteiger charge is -2.27. The van der Waals surface area contributed by atoms with Crippen LogP contribution in [0.25, 0.3) is 10.9 Å². The van der Waals surface area contributed by atoms with Gasteiger partial charge in [-0.25, -0.2) is 0 Å². The zero-order valence-electron chi connectivity index (χ0n) is 36.1. The van der Waals surface area contributed by atoms with Crippen molar-refractivity contribution < 1.29 is 38.4 Å². The molecule has 6 atom stereocenters. The predicted molar refractivity (Wildman–Crippen MR) is 239 cm³/mol. The van der Waals surface area contributed by atoms with Gasteiger partial charge in [-0.05, 0) is 62.3 Å². The average molecular weight is 887 g/mol. The van der Waals surface area contributed by atoms with Crippen LogP contribution in [0.5, 0.6) is 0 Å². The maximum atomic E-state index is 14.4. The van der Waals surface area contributed by atoms with Gasteiger partial charge < -0.3 is 59.4 Å². The molecule has 0 bridgehead atoms. The lowest BCUT2D eigenvalue weighted by atomic mass is 10.00. The Morgan fingerprint density at radius 1 is 0.703 bits per heavy atom. The van der Waals surface area contributed by atoms with Crippen LogP contribution in [0.3, 0.4) is 0 Å². The van der Waals surface area contributed by atoms with Gasteiger partial charge in [0, 0.05) is 61.8 Å². The summed E-state index contributed by atoms with van der Waals surface area (Å²) in [4.78, 5) is 111. The summed E-state index contributed by atoms with van der Waals surface area (Å²) in [6.07, 6.45) is 2.93. The molecule has 2 aromatic carbocycles. The SMILES string of the molecule is C[C@H]1CCC(=O)CCNCCCC[C@@H](C(N)=O)NC(=O)C(Cc2c[nH]c3ccccc23)NC(=O)[C@H](CCCNC(=N)N)NC(=O)[C@@H](Cc2ccccc2)NC(=O)[C@H](CC(N)=O)NC1=O. The van der Waals surface area contributed by atoms with E-state index in [0.717, 1.165) is 10.9 Å². The van der Waals surface area contributed by atoms with E-state index >= 15 is 0 Å². The normalized spacial score (nSPS) is 23.1. The van der Waals surface area contributed by atoms with Gasteiger partial charge in [0.25, 0.3) is 0 Å². The first-order valence-electron chi connectivity index (χ1n) is 21.6. The Bertz CT molecular complexity index is 2110. The van der Waals surface area contributed by atoms with Crippen molar-refractivity contribution in [3.05, 3.63) is 71.9 Å². The van der Waals surface area contributed by atoms with E-state index in [2.05, 4.69) is 42.2 Å². The van der Waals surface area contributed by atoms with Crippen LogP contribution in [0, 0.1) is 11.3 Å². The summed E-state index contributed by atoms with van der Waals surface area (Å²) >= 11 is 0. The van der Waals surface area contributed by atoms with Crippen LogP contribution >= 0.6 is 0 Å². The molecule has 4 rings (SSSR count). The van der Waals surface area contributed by atoms with Gasteiger partial charge in [-0.1, -0.05) is 55.5 Å². The third-order valence-corrected chi connectivity index (χ3v) is 10.9. The highest BCUT2D eigenvalue weighted by molar-refractivity contribution is 5.98. The van der Waals surface area contributed by atoms with E-state index in [0.29, 0.717) is 37.1 Å². The zero-order chi connectivity index (χ0) is 46.6. The molecule has 0 radical (unpaired) electrons. The van der Waals surface area contributed by atoms with Gasteiger partial charge >= 0.3 is 0 Å². The summed E-state index contributed by atoms with van der Waals surface area (Å²) in [6.45, 7) is 2.62. The van der Waals surface area contributed by atoms with E-state index < -0.39 is 83.9 Å². The summed E-state index contributed by atoms with van der Waals surface area (Å²) < 4.78 is 0. The topological polar surface area (TPSA) is 338 Å². The molecule has 3 aromatic rings. The van der Waals surface area contributed by atoms with E-state index in [9.17, 15) is 38.4 Å². The van der Waals surface area contributed by atoms with Gasteiger partial charge in [-0.3, -0.25) is 43.8 Å². The van der Waals surface area contributed by atoms with E-state index in [1.165, 1.54) is 0 Å². The highest BCUT2D eigenvalue weighted by Gasteiger charge is 2.34. The average Bonchev–Trinajstić information content (AvgIpc) is 3.66. The molecule has 20 heteroatoms. The van der Waals surface area contributed by atoms with Gasteiger partial charge in [0.05, 0.1) is 6.42 Å². The number of Topliss-reactive ketones (excluding diaryl/α,β-unsaturated/α-hetero) is 1. The van der Waals surface area contributed by atoms with Crippen LogP contribution in [0.15, 0.2) is 60.8 Å². The van der Waals surface area contributed by atoms with E-state index in [-0.39, 0.29) is 69.7 Å². The summed E-state index contributed by atoms with van der Waals surface area (Å²) in [5, 5.41) is 27.6. The first kappa shape index (κ1) is 49.8. The van der Waals surface area contributed by atoms with Gasteiger partial charge in [0.2, 0.25) is 41.4 Å². The minimum atomic E-state index is -1.48. The number of hydrogen-bond donors (Lipinski definition) is 12. The van der Waals surface area contributed by atoms with Crippen molar-refractivity contribution in [2.75, 3.05) is 19.6 Å². The number of aromatic nitrogens is 1. The summed E-state index contributed by atoms with van der Waals surface area (Å²) in [5.74, 6) is -6.57. The Morgan fingerprint density at radius 3 is 2.03 bits per heavy atom. The number of carbonyl (C=O) groups is 8. The number of amides is 7. The van der Waals surface area contributed by atoms with E-state index in [1.54, 1.807) is 43.5 Å². The fraction of sp³-hybridized carbons (Fsp3) is 0.477. The van der Waals surface area contributed by atoms with Crippen molar-refractivity contribution in [2.45, 2.75) is 108 Å². The highest BCUT2D eigenvalue weighted by Crippen LogP contribution is 2.20. The minimum Gasteiger partial charge on any atom is -0.370 e. The molecule has 2 heterocycles. The van der Waals surface area contributed by atoms with Crippen LogP contribution in [0.4, 0.5) is 0 Å². The van der Waals surface area contributed by atoms with Crippen molar-refractivity contribution in [3.8, 4) is 0 Å². The molecule has 1 aliphatic rings. The minimum absolute atomic E-state index is 0.0238. The third-order valence-electron chi connectivity index (χ3n) is 10.9. The molecule has 346 valence electrons. The van der Waals surface area contributed by atoms with Crippen LogP contribution in [-0.4, -0.2) is 108 Å². The second-order valence-corrected chi connectivity index (χ2v) is 16.1. The number of fused-ring (bicyclic) bond motifs is 1. The maximum absolute atomic E-state index is 14.4. The molecule has 1 aromatic heterocycles. The molecular formula is C44H62N12O8. The number of nitrogens with two attached hydrogens (primary N) is 3. The number of carbonyl (C=O) groups excluding carboxylic acids is 8. The van der Waals surface area contributed by atoms with Crippen molar-refractivity contribution in [2.24, 2.45) is 23.1 Å². The molecule has 7 amide bonds. The second-order valence-electron chi connectivity index (χ2n) is 16.1. The number of rotatable bonds is 11. The third kappa shape index (κ3) is 16.5. The number of hydrogen-bond acceptors (Lipinski definition) is 10. The van der Waals surface area contributed by atoms with E-state index in [4.69, 9.17) is 22.6 Å². The molecule has 64 heavy (non-hydrogen) atoms. The Labute approximate surface area is 371 Å². The summed E-state index contributed by atoms with van der Waals surface area (Å²) in [7, 11) is 0. The number of primary amides is 2. The van der Waals surface area contributed by atoms with Crippen molar-refractivity contribution in [3.63, 3.8) is 0 Å². The largest absolute Gasteiger partial charge is 0.370 e. The highest BCUT2D eigenvalue weighted by atomic mass is 16.2. The molecule has 15 N–H and O–H groups in total. The van der Waals surface area contributed by atoms with Crippen LogP contribution in [0.2, 0.25) is 0 Å². The van der Waals surface area contributed by atoms with Gasteiger partial charge in [0.15, 0.2) is 5.96 Å². The number of benzene rings is 2. The fourth-order valence-electron chi connectivity index (χ4n) is 7.27. The van der Waals surface area contributed by atoms with Crippen molar-refractivity contribution in [1.29, 1.82) is 5.41 Å². The number of nitrogens with one attached hydrogen (secondary N) is 9. The van der Waals surface area contributed by atoms with E-state index in [1.807, 2.05) is 24.3 Å². The Morgan fingerprint density at radius 2 is 1.33 bits per heavy atom. The number of H-pyrrole nitrogens is 1. The number of ketones is 1.